The van der Waals surface area contributed by atoms with Gasteiger partial charge in [0.25, 0.3) is 0 Å². The lowest BCUT2D eigenvalue weighted by Gasteiger charge is -2.22. The molecule has 0 heterocycles. The number of anilines is 1. The molecule has 1 rings (SSSR count). The predicted molar refractivity (Wildman–Crippen MR) is 69.8 cm³/mol. The third kappa shape index (κ3) is 4.52. The second-order valence-electron chi connectivity index (χ2n) is 4.18. The number of Topliss-reactive ketones (excluding diaryl/α,β-unsaturated/α-hetero) is 1. The van der Waals surface area contributed by atoms with E-state index in [-0.39, 0.29) is 30.3 Å². The summed E-state index contributed by atoms with van der Waals surface area (Å²) in [4.78, 5) is 23.7. The van der Waals surface area contributed by atoms with E-state index < -0.39 is 17.6 Å². The standard InChI is InChI=1S/C13H13ClF3NO2/c1-9(19)5-6-18(12(20)8-14)11-4-2-3-10(7-11)13(15,16)17/h2-4,7H,5-6,8H2,1H3. The van der Waals surface area contributed by atoms with Gasteiger partial charge in [0.1, 0.15) is 11.7 Å². The fourth-order valence-corrected chi connectivity index (χ4v) is 1.73. The van der Waals surface area contributed by atoms with Crippen LogP contribution in [0, 0.1) is 0 Å². The lowest BCUT2D eigenvalue weighted by atomic mass is 10.1. The number of amides is 1. The summed E-state index contributed by atoms with van der Waals surface area (Å²) in [6.45, 7) is 1.34. The number of hydrogen-bond donors (Lipinski definition) is 0. The summed E-state index contributed by atoms with van der Waals surface area (Å²) in [7, 11) is 0. The topological polar surface area (TPSA) is 37.4 Å². The molecular formula is C13H13ClF3NO2. The molecule has 0 bridgehead atoms. The Bertz CT molecular complexity index is 503. The normalized spacial score (nSPS) is 11.2. The molecule has 3 nitrogen and oxygen atoms in total. The van der Waals surface area contributed by atoms with Gasteiger partial charge in [-0.3, -0.25) is 9.59 Å². The Kier molecular flexibility index (Phi) is 5.56. The van der Waals surface area contributed by atoms with Crippen LogP contribution in [0.5, 0.6) is 0 Å². The molecule has 0 aliphatic heterocycles. The summed E-state index contributed by atoms with van der Waals surface area (Å²) in [5.41, 5.74) is -0.781. The zero-order valence-corrected chi connectivity index (χ0v) is 11.5. The van der Waals surface area contributed by atoms with Crippen LogP contribution in [-0.4, -0.2) is 24.1 Å². The first kappa shape index (κ1) is 16.5. The van der Waals surface area contributed by atoms with Crippen LogP contribution in [0.25, 0.3) is 0 Å². The average Bonchev–Trinajstić information content (AvgIpc) is 2.37. The molecule has 0 N–H and O–H groups in total. The van der Waals surface area contributed by atoms with E-state index >= 15 is 0 Å². The van der Waals surface area contributed by atoms with Crippen molar-refractivity contribution in [3.05, 3.63) is 29.8 Å². The van der Waals surface area contributed by atoms with E-state index in [1.54, 1.807) is 0 Å². The second kappa shape index (κ2) is 6.74. The molecule has 0 atom stereocenters. The number of alkyl halides is 4. The smallest absolute Gasteiger partial charge is 0.311 e. The first-order valence-electron chi connectivity index (χ1n) is 5.78. The van der Waals surface area contributed by atoms with Gasteiger partial charge in [0.2, 0.25) is 5.91 Å². The maximum absolute atomic E-state index is 12.6. The van der Waals surface area contributed by atoms with Gasteiger partial charge < -0.3 is 4.90 Å². The SMILES string of the molecule is CC(=O)CCN(C(=O)CCl)c1cccc(C(F)(F)F)c1. The average molecular weight is 308 g/mol. The van der Waals surface area contributed by atoms with Crippen molar-refractivity contribution in [3.63, 3.8) is 0 Å². The highest BCUT2D eigenvalue weighted by atomic mass is 35.5. The summed E-state index contributed by atoms with van der Waals surface area (Å²) < 4.78 is 37.9. The lowest BCUT2D eigenvalue weighted by Crippen LogP contribution is -2.33. The number of benzene rings is 1. The van der Waals surface area contributed by atoms with Crippen LogP contribution in [0.3, 0.4) is 0 Å². The van der Waals surface area contributed by atoms with Crippen molar-refractivity contribution in [2.75, 3.05) is 17.3 Å². The zero-order chi connectivity index (χ0) is 15.3. The van der Waals surface area contributed by atoms with Crippen LogP contribution < -0.4 is 4.90 Å². The van der Waals surface area contributed by atoms with Crippen molar-refractivity contribution in [1.82, 2.24) is 0 Å². The third-order valence-electron chi connectivity index (χ3n) is 2.59. The zero-order valence-electron chi connectivity index (χ0n) is 10.7. The number of halogens is 4. The van der Waals surface area contributed by atoms with Crippen molar-refractivity contribution < 1.29 is 22.8 Å². The highest BCUT2D eigenvalue weighted by Gasteiger charge is 2.31. The van der Waals surface area contributed by atoms with Gasteiger partial charge in [-0.1, -0.05) is 6.07 Å². The number of nitrogens with zero attached hydrogens (tertiary/aromatic N) is 1. The minimum absolute atomic E-state index is 0.00218. The van der Waals surface area contributed by atoms with Gasteiger partial charge in [0.15, 0.2) is 0 Å². The Labute approximate surface area is 119 Å². The number of rotatable bonds is 5. The molecule has 1 amide bonds. The quantitative estimate of drug-likeness (QED) is 0.783. The van der Waals surface area contributed by atoms with Gasteiger partial charge in [0.05, 0.1) is 5.56 Å². The monoisotopic (exact) mass is 307 g/mol. The molecule has 0 saturated carbocycles. The van der Waals surface area contributed by atoms with E-state index in [0.717, 1.165) is 17.0 Å². The maximum atomic E-state index is 12.6. The summed E-state index contributed by atoms with van der Waals surface area (Å²) in [6, 6.07) is 4.36. The number of ketones is 1. The molecule has 1 aromatic rings. The molecule has 0 unspecified atom stereocenters. The molecule has 0 fully saturated rings. The molecule has 110 valence electrons. The first-order valence-corrected chi connectivity index (χ1v) is 6.32. The Morgan fingerprint density at radius 3 is 2.45 bits per heavy atom. The van der Waals surface area contributed by atoms with Gasteiger partial charge in [-0.25, -0.2) is 0 Å². The highest BCUT2D eigenvalue weighted by Crippen LogP contribution is 2.31. The van der Waals surface area contributed by atoms with Crippen molar-refractivity contribution in [2.24, 2.45) is 0 Å². The van der Waals surface area contributed by atoms with Crippen molar-refractivity contribution in [3.8, 4) is 0 Å². The maximum Gasteiger partial charge on any atom is 0.416 e. The van der Waals surface area contributed by atoms with E-state index in [9.17, 15) is 22.8 Å². The molecule has 0 spiro atoms. The largest absolute Gasteiger partial charge is 0.416 e. The molecule has 7 heteroatoms. The molecular weight excluding hydrogens is 295 g/mol. The lowest BCUT2D eigenvalue weighted by molar-refractivity contribution is -0.137. The van der Waals surface area contributed by atoms with Crippen LogP contribution >= 0.6 is 11.6 Å². The Morgan fingerprint density at radius 2 is 1.95 bits per heavy atom. The Balaban J connectivity index is 3.07. The molecule has 0 radical (unpaired) electrons. The fourth-order valence-electron chi connectivity index (χ4n) is 1.59. The predicted octanol–water partition coefficient (Wildman–Crippen LogP) is 3.26. The van der Waals surface area contributed by atoms with Crippen LogP contribution in [0.4, 0.5) is 18.9 Å². The molecule has 0 aliphatic carbocycles. The molecule has 1 aromatic carbocycles. The van der Waals surface area contributed by atoms with Crippen LogP contribution in [0.1, 0.15) is 18.9 Å². The summed E-state index contributed by atoms with van der Waals surface area (Å²) >= 11 is 5.44. The molecule has 0 aliphatic rings. The minimum atomic E-state index is -4.49. The fraction of sp³-hybridized carbons (Fsp3) is 0.385. The van der Waals surface area contributed by atoms with Crippen LogP contribution in [-0.2, 0) is 15.8 Å². The Hall–Kier alpha value is -1.56. The van der Waals surface area contributed by atoms with Crippen molar-refractivity contribution in [2.45, 2.75) is 19.5 Å². The van der Waals surface area contributed by atoms with E-state index in [1.165, 1.54) is 19.1 Å². The van der Waals surface area contributed by atoms with Gasteiger partial charge in [-0.05, 0) is 25.1 Å². The van der Waals surface area contributed by atoms with E-state index in [1.807, 2.05) is 0 Å². The van der Waals surface area contributed by atoms with Crippen molar-refractivity contribution in [1.29, 1.82) is 0 Å². The number of carbonyl (C=O) groups excluding carboxylic acids is 2. The first-order chi connectivity index (χ1) is 9.25. The molecule has 20 heavy (non-hydrogen) atoms. The molecule has 0 aromatic heterocycles. The van der Waals surface area contributed by atoms with Crippen LogP contribution in [0.15, 0.2) is 24.3 Å². The molecule has 0 saturated heterocycles. The van der Waals surface area contributed by atoms with E-state index in [2.05, 4.69) is 0 Å². The highest BCUT2D eigenvalue weighted by molar-refractivity contribution is 6.29. The second-order valence-corrected chi connectivity index (χ2v) is 4.45. The number of hydrogen-bond acceptors (Lipinski definition) is 2. The summed E-state index contributed by atoms with van der Waals surface area (Å²) in [6.07, 6.45) is -4.44. The third-order valence-corrected chi connectivity index (χ3v) is 2.82. The number of carbonyl (C=O) groups is 2. The Morgan fingerprint density at radius 1 is 1.30 bits per heavy atom. The van der Waals surface area contributed by atoms with E-state index in [0.29, 0.717) is 0 Å². The minimum Gasteiger partial charge on any atom is -0.311 e. The van der Waals surface area contributed by atoms with Gasteiger partial charge in [-0.2, -0.15) is 13.2 Å². The van der Waals surface area contributed by atoms with Gasteiger partial charge in [0, 0.05) is 18.7 Å². The van der Waals surface area contributed by atoms with Gasteiger partial charge >= 0.3 is 6.18 Å². The summed E-state index contributed by atoms with van der Waals surface area (Å²) in [5, 5.41) is 0. The van der Waals surface area contributed by atoms with Gasteiger partial charge in [-0.15, -0.1) is 11.6 Å². The van der Waals surface area contributed by atoms with Crippen molar-refractivity contribution >= 4 is 29.0 Å². The van der Waals surface area contributed by atoms with E-state index in [4.69, 9.17) is 11.6 Å². The summed E-state index contributed by atoms with van der Waals surface area (Å²) in [5.74, 6) is -1.08. The van der Waals surface area contributed by atoms with Crippen LogP contribution in [0.2, 0.25) is 0 Å².